The molecule has 0 aromatic carbocycles. The van der Waals surface area contributed by atoms with E-state index in [0.717, 1.165) is 19.3 Å². The van der Waals surface area contributed by atoms with Gasteiger partial charge in [0.25, 0.3) is 5.91 Å². The van der Waals surface area contributed by atoms with Crippen LogP contribution in [0.3, 0.4) is 0 Å². The highest BCUT2D eigenvalue weighted by atomic mass is 35.5. The molecule has 4 aliphatic rings. The normalized spacial score (nSPS) is 31.7. The molecule has 0 saturated heterocycles. The second kappa shape index (κ2) is 6.68. The number of esters is 1. The quantitative estimate of drug-likeness (QED) is 0.765. The van der Waals surface area contributed by atoms with Crippen molar-refractivity contribution in [2.45, 2.75) is 45.4 Å². The number of pyridine rings is 1. The van der Waals surface area contributed by atoms with Crippen molar-refractivity contribution in [1.29, 1.82) is 0 Å². The number of amides is 1. The van der Waals surface area contributed by atoms with Crippen LogP contribution in [0, 0.1) is 30.1 Å². The van der Waals surface area contributed by atoms with Crippen molar-refractivity contribution in [1.82, 2.24) is 4.98 Å². The third kappa shape index (κ3) is 3.20. The van der Waals surface area contributed by atoms with Gasteiger partial charge in [-0.2, -0.15) is 0 Å². The Bertz CT molecular complexity index is 730. The molecule has 1 aromatic heterocycles. The van der Waals surface area contributed by atoms with E-state index in [2.05, 4.69) is 10.3 Å². The minimum atomic E-state index is -0.445. The predicted molar refractivity (Wildman–Crippen MR) is 99.2 cm³/mol. The van der Waals surface area contributed by atoms with E-state index in [1.807, 2.05) is 0 Å². The van der Waals surface area contributed by atoms with Crippen LogP contribution in [-0.2, 0) is 14.3 Å². The minimum absolute atomic E-state index is 0.210. The van der Waals surface area contributed by atoms with Gasteiger partial charge in [-0.3, -0.25) is 9.59 Å². The number of ether oxygens (including phenoxy) is 1. The Kier molecular flexibility index (Phi) is 4.64. The molecule has 0 unspecified atom stereocenters. The fourth-order valence-corrected chi connectivity index (χ4v) is 5.85. The fraction of sp³-hybridized carbons (Fsp3) is 0.632. The number of hydrogen-bond acceptors (Lipinski definition) is 4. The Balaban J connectivity index is 1.36. The predicted octanol–water partition coefficient (Wildman–Crippen LogP) is 4.39. The van der Waals surface area contributed by atoms with Crippen molar-refractivity contribution < 1.29 is 14.3 Å². The Morgan fingerprint density at radius 3 is 2.35 bits per heavy atom. The summed E-state index contributed by atoms with van der Waals surface area (Å²) in [6.45, 7) is 1.43. The van der Waals surface area contributed by atoms with E-state index in [1.54, 1.807) is 6.92 Å². The van der Waals surface area contributed by atoms with Gasteiger partial charge in [-0.05, 0) is 68.8 Å². The molecule has 1 N–H and O–H groups in total. The zero-order valence-corrected chi connectivity index (χ0v) is 16.2. The molecule has 0 atom stereocenters. The van der Waals surface area contributed by atoms with Gasteiger partial charge in [-0.15, -0.1) is 0 Å². The fourth-order valence-electron chi connectivity index (χ4n) is 5.46. The molecule has 0 aliphatic heterocycles. The van der Waals surface area contributed by atoms with Crippen LogP contribution in [0.15, 0.2) is 6.20 Å². The Morgan fingerprint density at radius 2 is 1.77 bits per heavy atom. The van der Waals surface area contributed by atoms with E-state index >= 15 is 0 Å². The third-order valence-corrected chi connectivity index (χ3v) is 7.11. The summed E-state index contributed by atoms with van der Waals surface area (Å²) in [5.41, 5.74) is 0.283. The maximum absolute atomic E-state index is 12.8. The van der Waals surface area contributed by atoms with Gasteiger partial charge in [0.15, 0.2) is 12.4 Å². The highest BCUT2D eigenvalue weighted by molar-refractivity contribution is 6.37. The summed E-state index contributed by atoms with van der Waals surface area (Å²) in [5.74, 6) is 1.54. The van der Waals surface area contributed by atoms with E-state index in [-0.39, 0.29) is 23.8 Å². The van der Waals surface area contributed by atoms with Crippen molar-refractivity contribution in [3.05, 3.63) is 21.8 Å². The summed E-state index contributed by atoms with van der Waals surface area (Å²) in [4.78, 5) is 29.0. The Morgan fingerprint density at radius 1 is 1.19 bits per heavy atom. The maximum atomic E-state index is 12.8. The van der Waals surface area contributed by atoms with E-state index in [4.69, 9.17) is 27.9 Å². The molecule has 0 radical (unpaired) electrons. The van der Waals surface area contributed by atoms with Crippen LogP contribution in [0.2, 0.25) is 10.0 Å². The minimum Gasteiger partial charge on any atom is -0.455 e. The number of hydrogen-bond donors (Lipinski definition) is 1. The second-order valence-electron chi connectivity index (χ2n) is 8.22. The topological polar surface area (TPSA) is 68.3 Å². The van der Waals surface area contributed by atoms with Crippen LogP contribution in [-0.4, -0.2) is 23.5 Å². The summed E-state index contributed by atoms with van der Waals surface area (Å²) in [5, 5.41) is 3.31. The Labute approximate surface area is 162 Å². The van der Waals surface area contributed by atoms with Crippen molar-refractivity contribution in [3.63, 3.8) is 0 Å². The number of rotatable bonds is 4. The van der Waals surface area contributed by atoms with Gasteiger partial charge in [0.05, 0.1) is 15.5 Å². The first-order chi connectivity index (χ1) is 12.4. The molecule has 140 valence electrons. The van der Waals surface area contributed by atoms with Crippen LogP contribution in [0.1, 0.15) is 44.1 Å². The molecule has 4 saturated carbocycles. The Hall–Kier alpha value is -1.33. The molecule has 1 aromatic rings. The molecule has 5 nitrogen and oxygen atoms in total. The lowest BCUT2D eigenvalue weighted by molar-refractivity contribution is -0.172. The first kappa shape index (κ1) is 18.1. The van der Waals surface area contributed by atoms with Gasteiger partial charge < -0.3 is 10.1 Å². The number of carbonyl (C=O) groups excluding carboxylic acids is 2. The zero-order chi connectivity index (χ0) is 18.5. The number of halogens is 2. The molecule has 26 heavy (non-hydrogen) atoms. The van der Waals surface area contributed by atoms with Gasteiger partial charge in [0.1, 0.15) is 0 Å². The average molecular weight is 397 g/mol. The monoisotopic (exact) mass is 396 g/mol. The third-order valence-electron chi connectivity index (χ3n) is 6.27. The summed E-state index contributed by atoms with van der Waals surface area (Å²) < 4.78 is 5.41. The molecule has 1 heterocycles. The molecule has 4 aliphatic carbocycles. The standard InChI is InChI=1S/C19H22Cl2N2O3/c1-10-14(20)8-22-17(16(10)21)23-15(24)9-26-18(25)19-5-11-2-12(6-19)4-13(3-11)7-19/h8,11-13H,2-7,9H2,1H3,(H,22,23,24). The van der Waals surface area contributed by atoms with Gasteiger partial charge in [0, 0.05) is 6.20 Å². The van der Waals surface area contributed by atoms with E-state index in [1.165, 1.54) is 25.5 Å². The van der Waals surface area contributed by atoms with Gasteiger partial charge >= 0.3 is 5.97 Å². The van der Waals surface area contributed by atoms with Gasteiger partial charge in [0.2, 0.25) is 0 Å². The lowest BCUT2D eigenvalue weighted by Crippen LogP contribution is -2.50. The van der Waals surface area contributed by atoms with Gasteiger partial charge in [-0.1, -0.05) is 23.2 Å². The molecule has 0 spiro atoms. The SMILES string of the molecule is Cc1c(Cl)cnc(NC(=O)COC(=O)C23CC4CC(CC(C4)C2)C3)c1Cl. The highest BCUT2D eigenvalue weighted by Gasteiger charge is 2.55. The number of nitrogens with zero attached hydrogens (tertiary/aromatic N) is 1. The number of nitrogens with one attached hydrogen (secondary N) is 1. The molecular formula is C19H22Cl2N2O3. The first-order valence-corrected chi connectivity index (χ1v) is 9.89. The van der Waals surface area contributed by atoms with Crippen molar-refractivity contribution >= 4 is 40.9 Å². The van der Waals surface area contributed by atoms with E-state index in [0.29, 0.717) is 33.4 Å². The van der Waals surface area contributed by atoms with Crippen molar-refractivity contribution in [2.75, 3.05) is 11.9 Å². The largest absolute Gasteiger partial charge is 0.455 e. The van der Waals surface area contributed by atoms with Crippen molar-refractivity contribution in [3.8, 4) is 0 Å². The first-order valence-electron chi connectivity index (χ1n) is 9.14. The molecule has 4 fully saturated rings. The van der Waals surface area contributed by atoms with Crippen LogP contribution in [0.5, 0.6) is 0 Å². The molecular weight excluding hydrogens is 375 g/mol. The molecule has 4 bridgehead atoms. The van der Waals surface area contributed by atoms with Crippen LogP contribution in [0.4, 0.5) is 5.82 Å². The lowest BCUT2D eigenvalue weighted by Gasteiger charge is -2.55. The maximum Gasteiger partial charge on any atom is 0.312 e. The average Bonchev–Trinajstić information content (AvgIpc) is 2.59. The van der Waals surface area contributed by atoms with Crippen molar-refractivity contribution in [2.24, 2.45) is 23.2 Å². The highest BCUT2D eigenvalue weighted by Crippen LogP contribution is 2.60. The zero-order valence-electron chi connectivity index (χ0n) is 14.7. The molecule has 7 heteroatoms. The summed E-state index contributed by atoms with van der Waals surface area (Å²) in [6, 6.07) is 0. The van der Waals surface area contributed by atoms with E-state index in [9.17, 15) is 9.59 Å². The van der Waals surface area contributed by atoms with Crippen LogP contribution >= 0.6 is 23.2 Å². The summed E-state index contributed by atoms with van der Waals surface area (Å²) in [7, 11) is 0. The number of aromatic nitrogens is 1. The summed E-state index contributed by atoms with van der Waals surface area (Å²) in [6.07, 6.45) is 7.96. The number of carbonyl (C=O) groups is 2. The van der Waals surface area contributed by atoms with Crippen LogP contribution in [0.25, 0.3) is 0 Å². The van der Waals surface area contributed by atoms with E-state index < -0.39 is 5.91 Å². The van der Waals surface area contributed by atoms with Crippen LogP contribution < -0.4 is 5.32 Å². The lowest BCUT2D eigenvalue weighted by atomic mass is 9.49. The number of anilines is 1. The van der Waals surface area contributed by atoms with Gasteiger partial charge in [-0.25, -0.2) is 4.98 Å². The second-order valence-corrected chi connectivity index (χ2v) is 9.00. The smallest absolute Gasteiger partial charge is 0.312 e. The molecule has 5 rings (SSSR count). The summed E-state index contributed by atoms with van der Waals surface area (Å²) >= 11 is 12.1. The molecule has 1 amide bonds.